The molecule has 0 radical (unpaired) electrons. The number of nitrogens with zero attached hydrogens (tertiary/aromatic N) is 3. The second kappa shape index (κ2) is 22.5. The summed E-state index contributed by atoms with van der Waals surface area (Å²) < 4.78 is 37.0. The van der Waals surface area contributed by atoms with Crippen LogP contribution in [0.5, 0.6) is 0 Å². The average Bonchev–Trinajstić information content (AvgIpc) is 3.62. The van der Waals surface area contributed by atoms with Crippen LogP contribution in [0.4, 0.5) is 18.9 Å². The maximum absolute atomic E-state index is 14.0. The van der Waals surface area contributed by atoms with Crippen molar-refractivity contribution in [3.63, 3.8) is 0 Å². The summed E-state index contributed by atoms with van der Waals surface area (Å²) in [4.78, 5) is 96.7. The summed E-state index contributed by atoms with van der Waals surface area (Å²) in [6.07, 6.45) is -3.29. The molecular formula is C36H52F3N11O9. The van der Waals surface area contributed by atoms with E-state index in [1.165, 1.54) is 24.0 Å². The molecule has 2 aromatic rings. The van der Waals surface area contributed by atoms with Crippen molar-refractivity contribution in [2.24, 2.45) is 38.8 Å². The Balaban J connectivity index is 0.00000157. The zero-order chi connectivity index (χ0) is 44.6. The highest BCUT2D eigenvalue weighted by atomic mass is 19.4. The number of hydrogen-bond acceptors (Lipinski definition) is 10. The minimum atomic E-state index is -5.08. The fourth-order valence-corrected chi connectivity index (χ4v) is 5.95. The first-order chi connectivity index (χ1) is 27.5. The Morgan fingerprint density at radius 3 is 2.02 bits per heavy atom. The van der Waals surface area contributed by atoms with E-state index in [1.807, 2.05) is 0 Å². The summed E-state index contributed by atoms with van der Waals surface area (Å²) in [5.41, 5.74) is 22.6. The van der Waals surface area contributed by atoms with Crippen LogP contribution in [0.15, 0.2) is 43.5 Å². The molecule has 1 aromatic heterocycles. The molecule has 20 nitrogen and oxygen atoms in total. The van der Waals surface area contributed by atoms with E-state index in [0.717, 1.165) is 0 Å². The van der Waals surface area contributed by atoms with Gasteiger partial charge in [-0.15, -0.1) is 0 Å². The van der Waals surface area contributed by atoms with Crippen molar-refractivity contribution in [2.75, 3.05) is 25.0 Å². The Morgan fingerprint density at radius 2 is 1.49 bits per heavy atom. The summed E-state index contributed by atoms with van der Waals surface area (Å²) in [5, 5.41) is 18.8. The molecule has 1 aliphatic heterocycles. The van der Waals surface area contributed by atoms with E-state index in [4.69, 9.17) is 37.3 Å². The fraction of sp³-hybridized carbons (Fsp3) is 0.528. The van der Waals surface area contributed by atoms with Crippen LogP contribution in [0.1, 0.15) is 64.9 Å². The molecule has 13 N–H and O–H groups in total. The Kier molecular flexibility index (Phi) is 18.6. The van der Waals surface area contributed by atoms with Gasteiger partial charge in [0.1, 0.15) is 29.8 Å². The molecular weight excluding hydrogens is 787 g/mol. The molecule has 0 bridgehead atoms. The molecule has 1 saturated heterocycles. The van der Waals surface area contributed by atoms with Crippen LogP contribution in [0, 0.1) is 12.8 Å². The number of guanidine groups is 2. The molecule has 5 amide bonds. The molecule has 2 heterocycles. The number of carboxylic acid groups (broad SMARTS) is 1. The number of halogens is 3. The zero-order valence-corrected chi connectivity index (χ0v) is 33.1. The molecule has 4 atom stereocenters. The smallest absolute Gasteiger partial charge is 0.475 e. The largest absolute Gasteiger partial charge is 0.490 e. The van der Waals surface area contributed by atoms with E-state index in [9.17, 15) is 41.9 Å². The third-order valence-corrected chi connectivity index (χ3v) is 8.75. The van der Waals surface area contributed by atoms with Gasteiger partial charge in [0.2, 0.25) is 29.5 Å². The number of fused-ring (bicyclic) bond motifs is 1. The van der Waals surface area contributed by atoms with Gasteiger partial charge in [0.25, 0.3) is 0 Å². The SMILES string of the molecule is CC(=O)NC(C(=O)NC(CCCN=C(N)N)C(=O)N1CCCC1C(=O)NC(CCCN=C(N)N)C(=O)Nc1ccc2c(C)cc(=O)oc2c1)C(C)C.O=C(O)C(F)(F)F. The van der Waals surface area contributed by atoms with Crippen molar-refractivity contribution < 1.29 is 51.5 Å². The van der Waals surface area contributed by atoms with Crippen LogP contribution in [0.25, 0.3) is 11.0 Å². The average molecular weight is 840 g/mol. The lowest BCUT2D eigenvalue weighted by molar-refractivity contribution is -0.192. The monoisotopic (exact) mass is 839 g/mol. The van der Waals surface area contributed by atoms with Gasteiger partial charge in [0.05, 0.1) is 0 Å². The lowest BCUT2D eigenvalue weighted by atomic mass is 10.0. The lowest BCUT2D eigenvalue weighted by Crippen LogP contribution is -2.58. The molecule has 0 aliphatic carbocycles. The second-order valence-corrected chi connectivity index (χ2v) is 13.9. The van der Waals surface area contributed by atoms with Gasteiger partial charge in [-0.25, -0.2) is 9.59 Å². The molecule has 326 valence electrons. The van der Waals surface area contributed by atoms with E-state index in [2.05, 4.69) is 31.3 Å². The van der Waals surface area contributed by atoms with Gasteiger partial charge in [-0.05, 0) is 69.1 Å². The first-order valence-electron chi connectivity index (χ1n) is 18.5. The Morgan fingerprint density at radius 1 is 0.915 bits per heavy atom. The number of amides is 5. The number of benzene rings is 1. The van der Waals surface area contributed by atoms with Gasteiger partial charge in [-0.1, -0.05) is 13.8 Å². The highest BCUT2D eigenvalue weighted by molar-refractivity contribution is 6.00. The van der Waals surface area contributed by atoms with Crippen LogP contribution in [-0.2, 0) is 28.8 Å². The molecule has 4 unspecified atom stereocenters. The number of hydrogen-bond donors (Lipinski definition) is 9. The number of aliphatic carboxylic acids is 1. The van der Waals surface area contributed by atoms with Crippen molar-refractivity contribution in [2.45, 2.75) is 96.6 Å². The van der Waals surface area contributed by atoms with Crippen LogP contribution >= 0.6 is 0 Å². The van der Waals surface area contributed by atoms with E-state index in [1.54, 1.807) is 32.9 Å². The molecule has 59 heavy (non-hydrogen) atoms. The molecule has 0 spiro atoms. The zero-order valence-electron chi connectivity index (χ0n) is 33.1. The minimum absolute atomic E-state index is 0.116. The van der Waals surface area contributed by atoms with E-state index in [0.29, 0.717) is 42.3 Å². The van der Waals surface area contributed by atoms with Crippen molar-refractivity contribution in [3.8, 4) is 0 Å². The van der Waals surface area contributed by atoms with Crippen LogP contribution in [-0.4, -0.2) is 107 Å². The first kappa shape index (κ1) is 48.7. The normalized spacial score (nSPS) is 15.1. The number of rotatable bonds is 17. The van der Waals surface area contributed by atoms with Crippen LogP contribution in [0.2, 0.25) is 0 Å². The van der Waals surface area contributed by atoms with Gasteiger partial charge in [0, 0.05) is 49.8 Å². The maximum Gasteiger partial charge on any atom is 0.490 e. The highest BCUT2D eigenvalue weighted by Crippen LogP contribution is 2.23. The van der Waals surface area contributed by atoms with Gasteiger partial charge in [-0.3, -0.25) is 34.0 Å². The predicted molar refractivity (Wildman–Crippen MR) is 210 cm³/mol. The van der Waals surface area contributed by atoms with Crippen molar-refractivity contribution >= 4 is 64.1 Å². The standard InChI is InChI=1S/C34H51N11O7.C2HF3O2/c1-18(2)28(41-20(4)46)31(50)44-24(9-6-14-40-34(37)38)32(51)45-15-7-10-25(45)30(49)43-23(8-5-13-39-33(35)36)29(48)42-21-11-12-22-19(3)16-27(47)52-26(22)17-21;3-2(4,5)1(6)7/h11-12,16-18,23-25,28H,5-10,13-15H2,1-4H3,(H,41,46)(H,42,48)(H,43,49)(H,44,50)(H4,35,36,39)(H4,37,38,40);(H,6,7). The van der Waals surface area contributed by atoms with Gasteiger partial charge in [0.15, 0.2) is 11.9 Å². The maximum atomic E-state index is 14.0. The third kappa shape index (κ3) is 16.2. The summed E-state index contributed by atoms with van der Waals surface area (Å²) in [6.45, 7) is 7.23. The summed E-state index contributed by atoms with van der Waals surface area (Å²) in [6, 6.07) is 2.31. The molecule has 1 fully saturated rings. The second-order valence-electron chi connectivity index (χ2n) is 13.9. The summed E-state index contributed by atoms with van der Waals surface area (Å²) in [7, 11) is 0. The summed E-state index contributed by atoms with van der Waals surface area (Å²) in [5.74, 6) is -5.83. The number of alkyl halides is 3. The van der Waals surface area contributed by atoms with E-state index < -0.39 is 71.5 Å². The Bertz CT molecular complexity index is 1950. The number of aliphatic imine (C=N–C) groups is 2. The molecule has 0 saturated carbocycles. The van der Waals surface area contributed by atoms with Crippen LogP contribution in [0.3, 0.4) is 0 Å². The van der Waals surface area contributed by atoms with Crippen molar-refractivity contribution in [1.29, 1.82) is 0 Å². The predicted octanol–water partition coefficient (Wildman–Crippen LogP) is -0.0983. The third-order valence-electron chi connectivity index (χ3n) is 8.75. The number of nitrogens with one attached hydrogen (secondary N) is 4. The molecule has 23 heteroatoms. The number of aryl methyl sites for hydroxylation is 1. The number of carbonyl (C=O) groups excluding carboxylic acids is 5. The van der Waals surface area contributed by atoms with Crippen molar-refractivity contribution in [1.82, 2.24) is 20.9 Å². The lowest BCUT2D eigenvalue weighted by Gasteiger charge is -2.31. The Labute approximate surface area is 336 Å². The summed E-state index contributed by atoms with van der Waals surface area (Å²) >= 11 is 0. The fourth-order valence-electron chi connectivity index (χ4n) is 5.95. The van der Waals surface area contributed by atoms with Gasteiger partial charge < -0.3 is 58.6 Å². The highest BCUT2D eigenvalue weighted by Gasteiger charge is 2.40. The molecule has 1 aromatic carbocycles. The molecule has 1 aliphatic rings. The van der Waals surface area contributed by atoms with E-state index >= 15 is 0 Å². The number of anilines is 1. The molecule has 3 rings (SSSR count). The minimum Gasteiger partial charge on any atom is -0.475 e. The number of nitrogens with two attached hydrogens (primary N) is 4. The van der Waals surface area contributed by atoms with Crippen molar-refractivity contribution in [3.05, 3.63) is 40.2 Å². The first-order valence-corrected chi connectivity index (χ1v) is 18.5. The topological polar surface area (TPSA) is 333 Å². The van der Waals surface area contributed by atoms with Gasteiger partial charge in [-0.2, -0.15) is 13.2 Å². The number of carboxylic acids is 1. The number of carbonyl (C=O) groups is 6. The van der Waals surface area contributed by atoms with E-state index in [-0.39, 0.29) is 55.9 Å². The quantitative estimate of drug-likeness (QED) is 0.0436. The van der Waals surface area contributed by atoms with Crippen LogP contribution < -0.4 is 49.8 Å². The van der Waals surface area contributed by atoms with Gasteiger partial charge >= 0.3 is 17.8 Å². The number of likely N-dealkylation sites (tertiary alicyclic amines) is 1. The Hall–Kier alpha value is -6.42.